The summed E-state index contributed by atoms with van der Waals surface area (Å²) < 4.78 is 6.01. The summed E-state index contributed by atoms with van der Waals surface area (Å²) in [6.45, 7) is 10.9. The fourth-order valence-electron chi connectivity index (χ4n) is 3.03. The first-order valence-corrected chi connectivity index (χ1v) is 9.61. The van der Waals surface area contributed by atoms with Crippen molar-refractivity contribution in [2.24, 2.45) is 0 Å². The van der Waals surface area contributed by atoms with Crippen LogP contribution in [-0.4, -0.2) is 12.0 Å². The predicted octanol–water partition coefficient (Wildman–Crippen LogP) is 4.90. The number of amides is 1. The van der Waals surface area contributed by atoms with Gasteiger partial charge in [0.1, 0.15) is 5.75 Å². The lowest BCUT2D eigenvalue weighted by atomic mass is 10.0. The molecule has 0 spiro atoms. The molecule has 0 fully saturated rings. The van der Waals surface area contributed by atoms with Gasteiger partial charge >= 0.3 is 0 Å². The van der Waals surface area contributed by atoms with Crippen molar-refractivity contribution in [3.05, 3.63) is 64.2 Å². The third-order valence-corrected chi connectivity index (χ3v) is 5.00. The molecule has 0 radical (unpaired) electrons. The van der Waals surface area contributed by atoms with E-state index < -0.39 is 6.10 Å². The van der Waals surface area contributed by atoms with Gasteiger partial charge in [0.05, 0.1) is 0 Å². The fourth-order valence-corrected chi connectivity index (χ4v) is 3.03. The Kier molecular flexibility index (Phi) is 7.26. The van der Waals surface area contributed by atoms with E-state index in [-0.39, 0.29) is 5.91 Å². The Bertz CT molecular complexity index is 752. The monoisotopic (exact) mass is 353 g/mol. The van der Waals surface area contributed by atoms with Gasteiger partial charge in [0.2, 0.25) is 0 Å². The smallest absolute Gasteiger partial charge is 0.261 e. The lowest BCUT2D eigenvalue weighted by molar-refractivity contribution is -0.128. The van der Waals surface area contributed by atoms with Crippen LogP contribution in [0.1, 0.15) is 55.0 Å². The third kappa shape index (κ3) is 4.87. The molecule has 1 amide bonds. The first kappa shape index (κ1) is 20.0. The highest BCUT2D eigenvalue weighted by Gasteiger charge is 2.19. The maximum Gasteiger partial charge on any atom is 0.261 e. The molecule has 140 valence electrons. The summed E-state index contributed by atoms with van der Waals surface area (Å²) >= 11 is 0. The normalized spacial score (nSPS) is 11.9. The van der Waals surface area contributed by atoms with Gasteiger partial charge in [-0.15, -0.1) is 0 Å². The van der Waals surface area contributed by atoms with E-state index in [0.29, 0.717) is 13.0 Å². The van der Waals surface area contributed by atoms with Crippen LogP contribution in [0, 0.1) is 13.8 Å². The molecule has 0 heterocycles. The van der Waals surface area contributed by atoms with Gasteiger partial charge < -0.3 is 10.1 Å². The number of aryl methyl sites for hydroxylation is 3. The van der Waals surface area contributed by atoms with Crippen molar-refractivity contribution in [3.63, 3.8) is 0 Å². The van der Waals surface area contributed by atoms with E-state index in [4.69, 9.17) is 4.74 Å². The summed E-state index contributed by atoms with van der Waals surface area (Å²) in [5.74, 6) is 0.728. The molecule has 3 nitrogen and oxygen atoms in total. The highest BCUT2D eigenvalue weighted by Crippen LogP contribution is 2.22. The average Bonchev–Trinajstić information content (AvgIpc) is 2.66. The topological polar surface area (TPSA) is 38.3 Å². The van der Waals surface area contributed by atoms with Crippen molar-refractivity contribution < 1.29 is 9.53 Å². The van der Waals surface area contributed by atoms with E-state index in [2.05, 4.69) is 50.4 Å². The molecule has 0 bridgehead atoms. The molecule has 1 atom stereocenters. The van der Waals surface area contributed by atoms with Crippen LogP contribution < -0.4 is 10.1 Å². The second-order valence-electron chi connectivity index (χ2n) is 6.74. The standard InChI is InChI=1S/C23H31NO2/c1-6-18-12-13-19(7-2)20(14-18)15-24-23(25)21(8-3)26-22-11-9-10-16(4)17(22)5/h9-14,21H,6-8,15H2,1-5H3,(H,24,25)/t21-/m0/s1. The van der Waals surface area contributed by atoms with Crippen LogP contribution >= 0.6 is 0 Å². The zero-order valence-corrected chi connectivity index (χ0v) is 16.7. The molecular formula is C23H31NO2. The van der Waals surface area contributed by atoms with Crippen LogP contribution in [0.2, 0.25) is 0 Å². The quantitative estimate of drug-likeness (QED) is 0.733. The van der Waals surface area contributed by atoms with E-state index in [1.807, 2.05) is 26.0 Å². The Morgan fingerprint density at radius 3 is 2.46 bits per heavy atom. The van der Waals surface area contributed by atoms with E-state index in [1.54, 1.807) is 0 Å². The summed E-state index contributed by atoms with van der Waals surface area (Å²) in [5, 5.41) is 3.07. The molecule has 0 saturated carbocycles. The van der Waals surface area contributed by atoms with Gasteiger partial charge in [-0.05, 0) is 67.0 Å². The zero-order chi connectivity index (χ0) is 19.1. The number of carbonyl (C=O) groups is 1. The maximum absolute atomic E-state index is 12.7. The van der Waals surface area contributed by atoms with Gasteiger partial charge in [0.25, 0.3) is 5.91 Å². The Morgan fingerprint density at radius 1 is 1.04 bits per heavy atom. The van der Waals surface area contributed by atoms with Gasteiger partial charge in [-0.25, -0.2) is 0 Å². The number of benzene rings is 2. The van der Waals surface area contributed by atoms with E-state index >= 15 is 0 Å². The summed E-state index contributed by atoms with van der Waals surface area (Å²) in [6.07, 6.45) is 2.12. The van der Waals surface area contributed by atoms with Crippen LogP contribution in [0.15, 0.2) is 36.4 Å². The minimum absolute atomic E-state index is 0.0580. The van der Waals surface area contributed by atoms with Crippen LogP contribution in [0.25, 0.3) is 0 Å². The largest absolute Gasteiger partial charge is 0.480 e. The van der Waals surface area contributed by atoms with Crippen molar-refractivity contribution >= 4 is 5.91 Å². The predicted molar refractivity (Wildman–Crippen MR) is 108 cm³/mol. The van der Waals surface area contributed by atoms with Crippen LogP contribution in [-0.2, 0) is 24.2 Å². The number of ether oxygens (including phenoxy) is 1. The summed E-state index contributed by atoms with van der Waals surface area (Å²) in [4.78, 5) is 12.7. The van der Waals surface area contributed by atoms with Crippen molar-refractivity contribution in [2.45, 2.75) is 66.5 Å². The molecule has 0 aliphatic carbocycles. The Labute approximate surface area is 157 Å². The summed E-state index contributed by atoms with van der Waals surface area (Å²) in [6, 6.07) is 12.5. The first-order chi connectivity index (χ1) is 12.5. The Balaban J connectivity index is 2.07. The minimum Gasteiger partial charge on any atom is -0.480 e. The molecule has 3 heteroatoms. The molecular weight excluding hydrogens is 322 g/mol. The summed E-state index contributed by atoms with van der Waals surface area (Å²) in [5.41, 5.74) is 6.03. The van der Waals surface area contributed by atoms with Gasteiger partial charge in [0.15, 0.2) is 6.10 Å². The van der Waals surface area contributed by atoms with Crippen molar-refractivity contribution in [2.75, 3.05) is 0 Å². The third-order valence-electron chi connectivity index (χ3n) is 5.00. The second kappa shape index (κ2) is 9.42. The van der Waals surface area contributed by atoms with E-state index in [1.165, 1.54) is 22.3 Å². The van der Waals surface area contributed by atoms with Crippen molar-refractivity contribution in [1.29, 1.82) is 0 Å². The molecule has 1 N–H and O–H groups in total. The fraction of sp³-hybridized carbons (Fsp3) is 0.435. The van der Waals surface area contributed by atoms with Gasteiger partial charge in [0, 0.05) is 6.54 Å². The Hall–Kier alpha value is -2.29. The molecule has 0 aliphatic rings. The number of carbonyl (C=O) groups excluding carboxylic acids is 1. The maximum atomic E-state index is 12.7. The molecule has 0 saturated heterocycles. The van der Waals surface area contributed by atoms with E-state index in [9.17, 15) is 4.79 Å². The SMILES string of the molecule is CCc1ccc(CC)c(CNC(=O)[C@H](CC)Oc2cccc(C)c2C)c1. The Morgan fingerprint density at radius 2 is 1.81 bits per heavy atom. The molecule has 2 aromatic carbocycles. The highest BCUT2D eigenvalue weighted by molar-refractivity contribution is 5.81. The minimum atomic E-state index is -0.477. The van der Waals surface area contributed by atoms with Crippen LogP contribution in [0.5, 0.6) is 5.75 Å². The highest BCUT2D eigenvalue weighted by atomic mass is 16.5. The average molecular weight is 354 g/mol. The van der Waals surface area contributed by atoms with E-state index in [0.717, 1.165) is 24.2 Å². The number of rotatable bonds is 8. The second-order valence-corrected chi connectivity index (χ2v) is 6.74. The van der Waals surface area contributed by atoms with Gasteiger partial charge in [-0.2, -0.15) is 0 Å². The molecule has 26 heavy (non-hydrogen) atoms. The lowest BCUT2D eigenvalue weighted by Crippen LogP contribution is -2.38. The van der Waals surface area contributed by atoms with Crippen molar-refractivity contribution in [1.82, 2.24) is 5.32 Å². The van der Waals surface area contributed by atoms with Crippen molar-refractivity contribution in [3.8, 4) is 5.75 Å². The molecule has 2 aromatic rings. The first-order valence-electron chi connectivity index (χ1n) is 9.61. The van der Waals surface area contributed by atoms with Crippen LogP contribution in [0.4, 0.5) is 0 Å². The van der Waals surface area contributed by atoms with Gasteiger partial charge in [-0.1, -0.05) is 51.1 Å². The number of hydrogen-bond acceptors (Lipinski definition) is 2. The lowest BCUT2D eigenvalue weighted by Gasteiger charge is -2.20. The van der Waals surface area contributed by atoms with Gasteiger partial charge in [-0.3, -0.25) is 4.79 Å². The molecule has 0 unspecified atom stereocenters. The van der Waals surface area contributed by atoms with Crippen LogP contribution in [0.3, 0.4) is 0 Å². The number of nitrogens with one attached hydrogen (secondary N) is 1. The zero-order valence-electron chi connectivity index (χ0n) is 16.7. The molecule has 2 rings (SSSR count). The molecule has 0 aliphatic heterocycles. The number of hydrogen-bond donors (Lipinski definition) is 1. The summed E-state index contributed by atoms with van der Waals surface area (Å²) in [7, 11) is 0. The molecule has 0 aromatic heterocycles.